The molecule has 0 bridgehead atoms. The summed E-state index contributed by atoms with van der Waals surface area (Å²) in [5, 5.41) is 0. The van der Waals surface area contributed by atoms with Crippen molar-refractivity contribution in [3.05, 3.63) is 58.7 Å². The SMILES string of the molecule is CCC(CC)C(c1ccc(N)c(C)c1)c1ccc(N)c(C)c1. The van der Waals surface area contributed by atoms with Gasteiger partial charge >= 0.3 is 0 Å². The minimum Gasteiger partial charge on any atom is -0.399 e. The molecular weight excluding hydrogens is 268 g/mol. The third kappa shape index (κ3) is 3.27. The monoisotopic (exact) mass is 296 g/mol. The van der Waals surface area contributed by atoms with Crippen LogP contribution in [0.25, 0.3) is 0 Å². The smallest absolute Gasteiger partial charge is 0.0343 e. The molecule has 2 nitrogen and oxygen atoms in total. The number of aryl methyl sites for hydroxylation is 2. The largest absolute Gasteiger partial charge is 0.399 e. The summed E-state index contributed by atoms with van der Waals surface area (Å²) in [6.45, 7) is 8.71. The van der Waals surface area contributed by atoms with Gasteiger partial charge < -0.3 is 11.5 Å². The standard InChI is InChI=1S/C20H28N2/c1-5-15(6-2)20(16-7-9-18(21)13(3)11-16)17-8-10-19(22)14(4)12-17/h7-12,15,20H,5-6,21-22H2,1-4H3. The molecule has 0 amide bonds. The fraction of sp³-hybridized carbons (Fsp3) is 0.400. The van der Waals surface area contributed by atoms with Crippen LogP contribution in [0.2, 0.25) is 0 Å². The zero-order valence-corrected chi connectivity index (χ0v) is 14.2. The summed E-state index contributed by atoms with van der Waals surface area (Å²) >= 11 is 0. The average Bonchev–Trinajstić information content (AvgIpc) is 2.51. The summed E-state index contributed by atoms with van der Waals surface area (Å²) in [5.74, 6) is 1.01. The third-order valence-corrected chi connectivity index (χ3v) is 4.83. The van der Waals surface area contributed by atoms with Crippen molar-refractivity contribution < 1.29 is 0 Å². The summed E-state index contributed by atoms with van der Waals surface area (Å²) in [6.07, 6.45) is 2.32. The lowest BCUT2D eigenvalue weighted by molar-refractivity contribution is 0.438. The lowest BCUT2D eigenvalue weighted by Crippen LogP contribution is -2.14. The van der Waals surface area contributed by atoms with E-state index in [9.17, 15) is 0 Å². The molecule has 0 atom stereocenters. The van der Waals surface area contributed by atoms with Gasteiger partial charge in [-0.2, -0.15) is 0 Å². The first-order valence-electron chi connectivity index (χ1n) is 8.19. The Hall–Kier alpha value is -1.96. The van der Waals surface area contributed by atoms with E-state index in [1.807, 2.05) is 12.1 Å². The first-order chi connectivity index (χ1) is 10.5. The predicted octanol–water partition coefficient (Wildman–Crippen LogP) is 5.04. The lowest BCUT2D eigenvalue weighted by Gasteiger charge is -2.27. The molecular formula is C20H28N2. The maximum Gasteiger partial charge on any atom is 0.0343 e. The number of hydrogen-bond donors (Lipinski definition) is 2. The van der Waals surface area contributed by atoms with Gasteiger partial charge in [0.2, 0.25) is 0 Å². The molecule has 0 saturated heterocycles. The number of rotatable bonds is 5. The quantitative estimate of drug-likeness (QED) is 0.760. The zero-order valence-electron chi connectivity index (χ0n) is 14.2. The van der Waals surface area contributed by atoms with E-state index in [-0.39, 0.29) is 0 Å². The molecule has 22 heavy (non-hydrogen) atoms. The van der Waals surface area contributed by atoms with E-state index in [2.05, 4.69) is 52.0 Å². The normalized spacial score (nSPS) is 11.4. The Morgan fingerprint density at radius 1 is 0.773 bits per heavy atom. The van der Waals surface area contributed by atoms with Crippen molar-refractivity contribution in [2.45, 2.75) is 46.5 Å². The second-order valence-electron chi connectivity index (χ2n) is 6.29. The highest BCUT2D eigenvalue weighted by Crippen LogP contribution is 2.37. The van der Waals surface area contributed by atoms with Crippen LogP contribution in [0.15, 0.2) is 36.4 Å². The van der Waals surface area contributed by atoms with Crippen LogP contribution < -0.4 is 11.5 Å². The first-order valence-corrected chi connectivity index (χ1v) is 8.19. The van der Waals surface area contributed by atoms with Gasteiger partial charge in [0, 0.05) is 17.3 Å². The van der Waals surface area contributed by atoms with Crippen LogP contribution in [0, 0.1) is 19.8 Å². The molecule has 0 spiro atoms. The van der Waals surface area contributed by atoms with Crippen molar-refractivity contribution in [2.75, 3.05) is 11.5 Å². The molecule has 0 radical (unpaired) electrons. The van der Waals surface area contributed by atoms with Crippen LogP contribution in [0.5, 0.6) is 0 Å². The second kappa shape index (κ2) is 6.87. The van der Waals surface area contributed by atoms with Crippen molar-refractivity contribution in [1.29, 1.82) is 0 Å². The van der Waals surface area contributed by atoms with Crippen LogP contribution in [0.4, 0.5) is 11.4 Å². The molecule has 0 aromatic heterocycles. The Bertz CT molecular complexity index is 591. The molecule has 0 aliphatic carbocycles. The van der Waals surface area contributed by atoms with Gasteiger partial charge in [-0.05, 0) is 54.2 Å². The van der Waals surface area contributed by atoms with Crippen LogP contribution in [0.1, 0.15) is 54.9 Å². The molecule has 0 aliphatic rings. The molecule has 0 fully saturated rings. The van der Waals surface area contributed by atoms with Crippen LogP contribution in [0.3, 0.4) is 0 Å². The highest BCUT2D eigenvalue weighted by molar-refractivity contribution is 5.52. The highest BCUT2D eigenvalue weighted by Gasteiger charge is 2.23. The van der Waals surface area contributed by atoms with Crippen molar-refractivity contribution in [3.63, 3.8) is 0 Å². The predicted molar refractivity (Wildman–Crippen MR) is 97.1 cm³/mol. The summed E-state index contributed by atoms with van der Waals surface area (Å²) in [6, 6.07) is 12.9. The van der Waals surface area contributed by atoms with E-state index in [1.165, 1.54) is 11.1 Å². The summed E-state index contributed by atoms with van der Waals surface area (Å²) < 4.78 is 0. The maximum absolute atomic E-state index is 6.00. The topological polar surface area (TPSA) is 52.0 Å². The lowest BCUT2D eigenvalue weighted by atomic mass is 9.77. The average molecular weight is 296 g/mol. The Balaban J connectivity index is 2.54. The summed E-state index contributed by atoms with van der Waals surface area (Å²) in [5.41, 5.74) is 18.7. The van der Waals surface area contributed by atoms with Gasteiger partial charge in [0.1, 0.15) is 0 Å². The molecule has 2 aromatic carbocycles. The van der Waals surface area contributed by atoms with Gasteiger partial charge in [0.15, 0.2) is 0 Å². The molecule has 0 unspecified atom stereocenters. The highest BCUT2D eigenvalue weighted by atomic mass is 14.6. The van der Waals surface area contributed by atoms with Gasteiger partial charge in [-0.25, -0.2) is 0 Å². The number of nitrogens with two attached hydrogens (primary N) is 2. The Morgan fingerprint density at radius 2 is 1.18 bits per heavy atom. The Kier molecular flexibility index (Phi) is 5.12. The van der Waals surface area contributed by atoms with Crippen molar-refractivity contribution in [2.24, 2.45) is 5.92 Å². The molecule has 0 saturated carbocycles. The summed E-state index contributed by atoms with van der Waals surface area (Å²) in [4.78, 5) is 0. The Labute approximate surface area is 134 Å². The maximum atomic E-state index is 6.00. The van der Waals surface area contributed by atoms with E-state index < -0.39 is 0 Å². The molecule has 2 rings (SSSR count). The minimum absolute atomic E-state index is 0.397. The van der Waals surface area contributed by atoms with E-state index in [1.54, 1.807) is 0 Å². The van der Waals surface area contributed by atoms with Gasteiger partial charge in [-0.3, -0.25) is 0 Å². The van der Waals surface area contributed by atoms with Crippen LogP contribution in [-0.2, 0) is 0 Å². The molecule has 2 aromatic rings. The molecule has 0 heterocycles. The van der Waals surface area contributed by atoms with E-state index in [0.29, 0.717) is 11.8 Å². The van der Waals surface area contributed by atoms with Crippen molar-refractivity contribution in [3.8, 4) is 0 Å². The fourth-order valence-electron chi connectivity index (χ4n) is 3.28. The number of anilines is 2. The van der Waals surface area contributed by atoms with Crippen LogP contribution >= 0.6 is 0 Å². The van der Waals surface area contributed by atoms with Gasteiger partial charge in [-0.15, -0.1) is 0 Å². The van der Waals surface area contributed by atoms with Gasteiger partial charge in [0.25, 0.3) is 0 Å². The number of hydrogen-bond acceptors (Lipinski definition) is 2. The minimum atomic E-state index is 0.397. The molecule has 0 aliphatic heterocycles. The van der Waals surface area contributed by atoms with E-state index in [4.69, 9.17) is 11.5 Å². The number of benzene rings is 2. The second-order valence-corrected chi connectivity index (χ2v) is 6.29. The summed E-state index contributed by atoms with van der Waals surface area (Å²) in [7, 11) is 0. The molecule has 118 valence electrons. The number of nitrogen functional groups attached to an aromatic ring is 2. The third-order valence-electron chi connectivity index (χ3n) is 4.83. The fourth-order valence-corrected chi connectivity index (χ4v) is 3.28. The van der Waals surface area contributed by atoms with Gasteiger partial charge in [0.05, 0.1) is 0 Å². The molecule has 2 heteroatoms. The Morgan fingerprint density at radius 3 is 1.50 bits per heavy atom. The molecule has 4 N–H and O–H groups in total. The van der Waals surface area contributed by atoms with E-state index >= 15 is 0 Å². The van der Waals surface area contributed by atoms with Gasteiger partial charge in [-0.1, -0.05) is 51.0 Å². The van der Waals surface area contributed by atoms with Crippen molar-refractivity contribution >= 4 is 11.4 Å². The van der Waals surface area contributed by atoms with Crippen LogP contribution in [-0.4, -0.2) is 0 Å². The zero-order chi connectivity index (χ0) is 16.3. The van der Waals surface area contributed by atoms with E-state index in [0.717, 1.165) is 35.3 Å². The van der Waals surface area contributed by atoms with Crippen molar-refractivity contribution in [1.82, 2.24) is 0 Å². The first kappa shape index (κ1) is 16.4.